The van der Waals surface area contributed by atoms with Gasteiger partial charge in [0.1, 0.15) is 0 Å². The Bertz CT molecular complexity index is 489. The molecule has 0 fully saturated rings. The number of pyridine rings is 1. The van der Waals surface area contributed by atoms with Crippen LogP contribution in [-0.4, -0.2) is 20.6 Å². The second-order valence-corrected chi connectivity index (χ2v) is 4.48. The van der Waals surface area contributed by atoms with Gasteiger partial charge >= 0.3 is 0 Å². The van der Waals surface area contributed by atoms with Crippen LogP contribution in [0.1, 0.15) is 38.7 Å². The fourth-order valence-corrected chi connectivity index (χ4v) is 1.96. The highest BCUT2D eigenvalue weighted by Gasteiger charge is 2.08. The van der Waals surface area contributed by atoms with Gasteiger partial charge in [-0.3, -0.25) is 0 Å². The smallest absolute Gasteiger partial charge is 0.243 e. The van der Waals surface area contributed by atoms with Crippen molar-refractivity contribution in [3.8, 4) is 0 Å². The maximum absolute atomic E-state index is 4.46. The highest BCUT2D eigenvalue weighted by Crippen LogP contribution is 2.11. The molecule has 0 radical (unpaired) electrons. The minimum absolute atomic E-state index is 0.471. The van der Waals surface area contributed by atoms with E-state index in [9.17, 15) is 0 Å². The second kappa shape index (κ2) is 5.17. The summed E-state index contributed by atoms with van der Waals surface area (Å²) in [5.74, 6) is 0.732. The van der Waals surface area contributed by atoms with Crippen LogP contribution in [0, 0.1) is 6.92 Å². The van der Waals surface area contributed by atoms with E-state index in [1.54, 1.807) is 0 Å². The van der Waals surface area contributed by atoms with E-state index in [4.69, 9.17) is 0 Å². The SMILES string of the molecule is CCCC(CC)Nc1nc2ccc(C)cn2n1. The summed E-state index contributed by atoms with van der Waals surface area (Å²) in [4.78, 5) is 4.46. The van der Waals surface area contributed by atoms with Gasteiger partial charge in [-0.25, -0.2) is 4.52 Å². The van der Waals surface area contributed by atoms with Crippen LogP contribution < -0.4 is 5.32 Å². The van der Waals surface area contributed by atoms with Crippen LogP contribution in [0.25, 0.3) is 5.65 Å². The average Bonchev–Trinajstić information content (AvgIpc) is 2.69. The van der Waals surface area contributed by atoms with Crippen molar-refractivity contribution in [3.63, 3.8) is 0 Å². The standard InChI is InChI=1S/C13H20N4/c1-4-6-11(5-2)14-13-15-12-8-7-10(3)9-17(12)16-13/h7-9,11H,4-6H2,1-3H3,(H,14,16). The van der Waals surface area contributed by atoms with Gasteiger partial charge in [-0.15, -0.1) is 5.10 Å². The minimum atomic E-state index is 0.471. The molecule has 0 amide bonds. The first kappa shape index (κ1) is 11.9. The summed E-state index contributed by atoms with van der Waals surface area (Å²) in [7, 11) is 0. The number of hydrogen-bond acceptors (Lipinski definition) is 3. The van der Waals surface area contributed by atoms with Gasteiger partial charge in [0.15, 0.2) is 5.65 Å². The molecule has 0 spiro atoms. The third kappa shape index (κ3) is 2.75. The predicted octanol–water partition coefficient (Wildman–Crippen LogP) is 3.03. The van der Waals surface area contributed by atoms with E-state index in [1.807, 2.05) is 16.8 Å². The Morgan fingerprint density at radius 2 is 2.18 bits per heavy atom. The lowest BCUT2D eigenvalue weighted by Gasteiger charge is -2.13. The summed E-state index contributed by atoms with van der Waals surface area (Å²) in [6.45, 7) is 6.44. The Labute approximate surface area is 102 Å². The molecule has 0 aliphatic carbocycles. The number of nitrogens with zero attached hydrogens (tertiary/aromatic N) is 3. The van der Waals surface area contributed by atoms with Crippen LogP contribution in [0.3, 0.4) is 0 Å². The molecule has 4 nitrogen and oxygen atoms in total. The van der Waals surface area contributed by atoms with Crippen LogP contribution in [0.2, 0.25) is 0 Å². The van der Waals surface area contributed by atoms with E-state index < -0.39 is 0 Å². The maximum Gasteiger partial charge on any atom is 0.243 e. The molecular formula is C13H20N4. The summed E-state index contributed by atoms with van der Waals surface area (Å²) in [6, 6.07) is 4.52. The third-order valence-corrected chi connectivity index (χ3v) is 2.94. The fraction of sp³-hybridized carbons (Fsp3) is 0.538. The number of aromatic nitrogens is 3. The van der Waals surface area contributed by atoms with Crippen LogP contribution in [-0.2, 0) is 0 Å². The monoisotopic (exact) mass is 232 g/mol. The highest BCUT2D eigenvalue weighted by atomic mass is 15.3. The number of aryl methyl sites for hydroxylation is 1. The molecule has 0 aliphatic heterocycles. The molecule has 1 N–H and O–H groups in total. The van der Waals surface area contributed by atoms with E-state index in [1.165, 1.54) is 12.0 Å². The van der Waals surface area contributed by atoms with Gasteiger partial charge in [-0.1, -0.05) is 26.3 Å². The topological polar surface area (TPSA) is 42.2 Å². The molecular weight excluding hydrogens is 212 g/mol. The van der Waals surface area contributed by atoms with Crippen molar-refractivity contribution in [2.45, 2.75) is 46.1 Å². The van der Waals surface area contributed by atoms with Crippen LogP contribution in [0.15, 0.2) is 18.3 Å². The summed E-state index contributed by atoms with van der Waals surface area (Å²) >= 11 is 0. The van der Waals surface area contributed by atoms with Gasteiger partial charge in [-0.2, -0.15) is 4.98 Å². The predicted molar refractivity (Wildman–Crippen MR) is 70.3 cm³/mol. The number of anilines is 1. The lowest BCUT2D eigenvalue weighted by molar-refractivity contribution is 0.617. The van der Waals surface area contributed by atoms with E-state index in [-0.39, 0.29) is 0 Å². The van der Waals surface area contributed by atoms with Crippen LogP contribution in [0.4, 0.5) is 5.95 Å². The van der Waals surface area contributed by atoms with Crippen molar-refractivity contribution in [1.29, 1.82) is 0 Å². The number of rotatable bonds is 5. The van der Waals surface area contributed by atoms with Gasteiger partial charge in [-0.05, 0) is 31.4 Å². The van der Waals surface area contributed by atoms with E-state index in [0.717, 1.165) is 24.4 Å². The van der Waals surface area contributed by atoms with E-state index in [2.05, 4.69) is 42.2 Å². The minimum Gasteiger partial charge on any atom is -0.350 e. The third-order valence-electron chi connectivity index (χ3n) is 2.94. The van der Waals surface area contributed by atoms with Crippen molar-refractivity contribution in [1.82, 2.24) is 14.6 Å². The maximum atomic E-state index is 4.46. The molecule has 1 atom stereocenters. The average molecular weight is 232 g/mol. The Kier molecular flexibility index (Phi) is 3.61. The molecule has 0 saturated carbocycles. The fourth-order valence-electron chi connectivity index (χ4n) is 1.96. The molecule has 92 valence electrons. The van der Waals surface area contributed by atoms with Crippen molar-refractivity contribution in [2.75, 3.05) is 5.32 Å². The number of nitrogens with one attached hydrogen (secondary N) is 1. The van der Waals surface area contributed by atoms with Gasteiger partial charge in [0.2, 0.25) is 5.95 Å². The van der Waals surface area contributed by atoms with Crippen molar-refractivity contribution >= 4 is 11.6 Å². The first-order chi connectivity index (χ1) is 8.22. The van der Waals surface area contributed by atoms with E-state index >= 15 is 0 Å². The molecule has 0 saturated heterocycles. The molecule has 0 bridgehead atoms. The quantitative estimate of drug-likeness (QED) is 0.861. The zero-order valence-electron chi connectivity index (χ0n) is 10.8. The molecule has 4 heteroatoms. The van der Waals surface area contributed by atoms with Crippen LogP contribution >= 0.6 is 0 Å². The van der Waals surface area contributed by atoms with Gasteiger partial charge < -0.3 is 5.32 Å². The largest absolute Gasteiger partial charge is 0.350 e. The Hall–Kier alpha value is -1.58. The van der Waals surface area contributed by atoms with Crippen molar-refractivity contribution in [3.05, 3.63) is 23.9 Å². The molecule has 0 aliphatic rings. The first-order valence-corrected chi connectivity index (χ1v) is 6.32. The normalized spacial score (nSPS) is 12.9. The zero-order chi connectivity index (χ0) is 12.3. The van der Waals surface area contributed by atoms with Gasteiger partial charge in [0.05, 0.1) is 0 Å². The Balaban J connectivity index is 2.18. The summed E-state index contributed by atoms with van der Waals surface area (Å²) in [6.07, 6.45) is 5.43. The summed E-state index contributed by atoms with van der Waals surface area (Å²) < 4.78 is 1.83. The molecule has 2 heterocycles. The van der Waals surface area contributed by atoms with Gasteiger partial charge in [0.25, 0.3) is 0 Å². The molecule has 17 heavy (non-hydrogen) atoms. The number of hydrogen-bond donors (Lipinski definition) is 1. The first-order valence-electron chi connectivity index (χ1n) is 6.32. The zero-order valence-corrected chi connectivity index (χ0v) is 10.8. The van der Waals surface area contributed by atoms with Crippen LogP contribution in [0.5, 0.6) is 0 Å². The molecule has 2 aromatic heterocycles. The molecule has 2 rings (SSSR count). The Morgan fingerprint density at radius 3 is 2.88 bits per heavy atom. The number of fused-ring (bicyclic) bond motifs is 1. The Morgan fingerprint density at radius 1 is 1.35 bits per heavy atom. The summed E-state index contributed by atoms with van der Waals surface area (Å²) in [5, 5.41) is 7.83. The van der Waals surface area contributed by atoms with E-state index in [0.29, 0.717) is 6.04 Å². The highest BCUT2D eigenvalue weighted by molar-refractivity contribution is 5.44. The second-order valence-electron chi connectivity index (χ2n) is 4.48. The molecule has 0 aromatic carbocycles. The van der Waals surface area contributed by atoms with Gasteiger partial charge in [0, 0.05) is 12.2 Å². The lowest BCUT2D eigenvalue weighted by atomic mass is 10.1. The molecule has 2 aromatic rings. The molecule has 1 unspecified atom stereocenters. The lowest BCUT2D eigenvalue weighted by Crippen LogP contribution is -2.18. The van der Waals surface area contributed by atoms with Crippen molar-refractivity contribution in [2.24, 2.45) is 0 Å². The summed E-state index contributed by atoms with van der Waals surface area (Å²) in [5.41, 5.74) is 2.08. The van der Waals surface area contributed by atoms with Crippen molar-refractivity contribution < 1.29 is 0 Å².